The van der Waals surface area contributed by atoms with E-state index >= 15 is 0 Å². The number of aliphatic carboxylic acids is 2. The Hall–Kier alpha value is -3.31. The van der Waals surface area contributed by atoms with Crippen LogP contribution < -0.4 is 5.32 Å². The first-order valence-electron chi connectivity index (χ1n) is 11.0. The number of hydrogen-bond acceptors (Lipinski definition) is 8. The van der Waals surface area contributed by atoms with Gasteiger partial charge in [-0.05, 0) is 19.1 Å². The summed E-state index contributed by atoms with van der Waals surface area (Å²) in [5.74, 6) is -5.17. The molecule has 0 bridgehead atoms. The molecule has 2 atom stereocenters. The molecule has 0 aliphatic carbocycles. The van der Waals surface area contributed by atoms with Crippen molar-refractivity contribution < 1.29 is 55.7 Å². The average Bonchev–Trinajstić information content (AvgIpc) is 3.53. The highest BCUT2D eigenvalue weighted by molar-refractivity contribution is 7.09. The summed E-state index contributed by atoms with van der Waals surface area (Å²) in [4.78, 5) is 43.0. The second-order valence-electron chi connectivity index (χ2n) is 8.51. The molecule has 2 aliphatic heterocycles. The lowest BCUT2D eigenvalue weighted by molar-refractivity contribution is -0.193. The van der Waals surface area contributed by atoms with Crippen molar-refractivity contribution >= 4 is 29.2 Å². The molecule has 2 fully saturated rings. The smallest absolute Gasteiger partial charge is 0.475 e. The largest absolute Gasteiger partial charge is 0.490 e. The minimum Gasteiger partial charge on any atom is -0.475 e. The molecule has 10 nitrogen and oxygen atoms in total. The van der Waals surface area contributed by atoms with E-state index in [0.717, 1.165) is 31.0 Å². The van der Waals surface area contributed by atoms with Gasteiger partial charge in [-0.2, -0.15) is 26.3 Å². The molecule has 0 saturated carbocycles. The van der Waals surface area contributed by atoms with E-state index in [1.807, 2.05) is 30.6 Å². The van der Waals surface area contributed by atoms with E-state index in [1.54, 1.807) is 17.5 Å². The summed E-state index contributed by atoms with van der Waals surface area (Å²) in [5, 5.41) is 17.3. The van der Waals surface area contributed by atoms with Crippen molar-refractivity contribution in [1.82, 2.24) is 20.2 Å². The number of carboxylic acid groups (broad SMARTS) is 2. The fraction of sp³-hybridized carbons (Fsp3) is 0.500. The summed E-state index contributed by atoms with van der Waals surface area (Å²) in [6.07, 6.45) is -8.42. The van der Waals surface area contributed by atoms with E-state index < -0.39 is 29.7 Å². The second kappa shape index (κ2) is 13.2. The first-order chi connectivity index (χ1) is 18.1. The van der Waals surface area contributed by atoms with Crippen molar-refractivity contribution in [2.75, 3.05) is 26.3 Å². The van der Waals surface area contributed by atoms with Gasteiger partial charge in [-0.25, -0.2) is 14.6 Å². The van der Waals surface area contributed by atoms with Crippen LogP contribution in [0.15, 0.2) is 29.9 Å². The number of carboxylic acids is 2. The van der Waals surface area contributed by atoms with E-state index in [0.29, 0.717) is 19.8 Å². The fourth-order valence-electron chi connectivity index (χ4n) is 3.81. The van der Waals surface area contributed by atoms with E-state index in [2.05, 4.69) is 20.2 Å². The van der Waals surface area contributed by atoms with Gasteiger partial charge in [0, 0.05) is 36.6 Å². The molecule has 2 aromatic heterocycles. The zero-order valence-corrected chi connectivity index (χ0v) is 21.1. The van der Waals surface area contributed by atoms with Crippen LogP contribution in [-0.4, -0.2) is 81.6 Å². The number of nitrogens with zero attached hydrogens (tertiary/aromatic N) is 3. The normalized spacial score (nSPS) is 20.6. The van der Waals surface area contributed by atoms with Gasteiger partial charge in [-0.3, -0.25) is 14.7 Å². The first kappa shape index (κ1) is 31.9. The van der Waals surface area contributed by atoms with E-state index in [-0.39, 0.29) is 11.8 Å². The average molecular weight is 587 g/mol. The second-order valence-corrected chi connectivity index (χ2v) is 9.45. The zero-order chi connectivity index (χ0) is 29.4. The molecule has 39 heavy (non-hydrogen) atoms. The minimum absolute atomic E-state index is 0.0872. The number of nitrogens with one attached hydrogen (secondary N) is 1. The van der Waals surface area contributed by atoms with E-state index in [4.69, 9.17) is 24.5 Å². The first-order valence-corrected chi connectivity index (χ1v) is 11.9. The Kier molecular flexibility index (Phi) is 10.8. The van der Waals surface area contributed by atoms with Crippen molar-refractivity contribution in [3.05, 3.63) is 46.2 Å². The van der Waals surface area contributed by atoms with Gasteiger partial charge in [0.2, 0.25) is 5.91 Å². The number of ether oxygens (including phenoxy) is 1. The van der Waals surface area contributed by atoms with Crippen LogP contribution in [0.5, 0.6) is 0 Å². The van der Waals surface area contributed by atoms with Crippen molar-refractivity contribution in [3.8, 4) is 0 Å². The third kappa shape index (κ3) is 9.14. The topological polar surface area (TPSA) is 142 Å². The standard InChI is InChI=1S/C18H22N4O2S.2C2HF3O2/c1-13-16(25-12-21-13)8-22-7-14-9-24-11-18(14,10-22)17(23)20-6-15-4-2-3-5-19-15;2*3-2(4,5)1(6)7/h2-5,12,14H,6-11H2,1H3,(H,20,23);2*(H,6,7)/t14-,18-;;/m1../s1. The van der Waals surface area contributed by atoms with E-state index in [1.165, 1.54) is 4.88 Å². The Morgan fingerprint density at radius 2 is 1.74 bits per heavy atom. The highest BCUT2D eigenvalue weighted by Crippen LogP contribution is 2.42. The number of thiazole rings is 1. The van der Waals surface area contributed by atoms with Gasteiger partial charge < -0.3 is 20.3 Å². The van der Waals surface area contributed by atoms with Crippen LogP contribution in [0.1, 0.15) is 16.3 Å². The SMILES string of the molecule is Cc1ncsc1CN1C[C@@H]2COC[C@]2(C(=O)NCc2ccccn2)C1.O=C(O)C(F)(F)F.O=C(O)C(F)(F)F. The van der Waals surface area contributed by atoms with Crippen LogP contribution in [0.4, 0.5) is 26.3 Å². The number of carbonyl (C=O) groups is 3. The number of amides is 1. The lowest BCUT2D eigenvalue weighted by atomic mass is 9.80. The molecule has 4 heterocycles. The fourth-order valence-corrected chi connectivity index (χ4v) is 4.63. The maximum absolute atomic E-state index is 13.0. The summed E-state index contributed by atoms with van der Waals surface area (Å²) in [6.45, 7) is 6.17. The van der Waals surface area contributed by atoms with Crippen molar-refractivity contribution in [1.29, 1.82) is 0 Å². The van der Waals surface area contributed by atoms with Crippen LogP contribution in [0.25, 0.3) is 0 Å². The molecule has 0 spiro atoms. The Morgan fingerprint density at radius 1 is 1.13 bits per heavy atom. The van der Waals surface area contributed by atoms with Crippen LogP contribution >= 0.6 is 11.3 Å². The number of aryl methyl sites for hydroxylation is 1. The van der Waals surface area contributed by atoms with Crippen LogP contribution in [0, 0.1) is 18.3 Å². The van der Waals surface area contributed by atoms with Crippen molar-refractivity contribution in [2.24, 2.45) is 11.3 Å². The van der Waals surface area contributed by atoms with Crippen LogP contribution in [0.3, 0.4) is 0 Å². The lowest BCUT2D eigenvalue weighted by Gasteiger charge is -2.26. The lowest BCUT2D eigenvalue weighted by Crippen LogP contribution is -2.46. The number of halogens is 6. The predicted molar refractivity (Wildman–Crippen MR) is 122 cm³/mol. The zero-order valence-electron chi connectivity index (χ0n) is 20.3. The van der Waals surface area contributed by atoms with Gasteiger partial charge in [0.1, 0.15) is 0 Å². The van der Waals surface area contributed by atoms with E-state index in [9.17, 15) is 31.1 Å². The van der Waals surface area contributed by atoms with Gasteiger partial charge in [0.25, 0.3) is 0 Å². The van der Waals surface area contributed by atoms with Crippen LogP contribution in [0.2, 0.25) is 0 Å². The maximum atomic E-state index is 13.0. The summed E-state index contributed by atoms with van der Waals surface area (Å²) >= 11 is 1.69. The number of carbonyl (C=O) groups excluding carboxylic acids is 1. The summed E-state index contributed by atoms with van der Waals surface area (Å²) < 4.78 is 69.2. The van der Waals surface area contributed by atoms with Gasteiger partial charge in [0.15, 0.2) is 0 Å². The predicted octanol–water partition coefficient (Wildman–Crippen LogP) is 2.88. The molecule has 4 rings (SSSR count). The number of pyridine rings is 1. The Morgan fingerprint density at radius 3 is 2.23 bits per heavy atom. The molecule has 2 aromatic rings. The molecule has 216 valence electrons. The summed E-state index contributed by atoms with van der Waals surface area (Å²) in [7, 11) is 0. The number of hydrogen-bond donors (Lipinski definition) is 3. The molecular weight excluding hydrogens is 562 g/mol. The van der Waals surface area contributed by atoms with Crippen molar-refractivity contribution in [2.45, 2.75) is 32.4 Å². The Bertz CT molecular complexity index is 1110. The Balaban J connectivity index is 0.000000317. The van der Waals surface area contributed by atoms with Crippen molar-refractivity contribution in [3.63, 3.8) is 0 Å². The minimum atomic E-state index is -5.08. The quantitative estimate of drug-likeness (QED) is 0.451. The van der Waals surface area contributed by atoms with Gasteiger partial charge in [0.05, 0.1) is 42.1 Å². The molecule has 0 radical (unpaired) electrons. The highest BCUT2D eigenvalue weighted by Gasteiger charge is 2.55. The molecule has 3 N–H and O–H groups in total. The monoisotopic (exact) mass is 586 g/mol. The van der Waals surface area contributed by atoms with Gasteiger partial charge >= 0.3 is 24.3 Å². The Labute approximate surface area is 221 Å². The molecule has 0 unspecified atom stereocenters. The molecular formula is C22H24F6N4O6S. The van der Waals surface area contributed by atoms with Gasteiger partial charge in [-0.1, -0.05) is 6.07 Å². The molecule has 0 aromatic carbocycles. The van der Waals surface area contributed by atoms with Gasteiger partial charge in [-0.15, -0.1) is 11.3 Å². The molecule has 2 saturated heterocycles. The third-order valence-electron chi connectivity index (χ3n) is 5.75. The maximum Gasteiger partial charge on any atom is 0.490 e. The number of fused-ring (bicyclic) bond motifs is 1. The number of rotatable bonds is 5. The molecule has 2 aliphatic rings. The highest BCUT2D eigenvalue weighted by atomic mass is 32.1. The molecule has 17 heteroatoms. The third-order valence-corrected chi connectivity index (χ3v) is 6.67. The summed E-state index contributed by atoms with van der Waals surface area (Å²) in [5.41, 5.74) is 3.41. The van der Waals surface area contributed by atoms with Crippen LogP contribution in [-0.2, 0) is 32.2 Å². The number of alkyl halides is 6. The number of aromatic nitrogens is 2. The summed E-state index contributed by atoms with van der Waals surface area (Å²) in [6, 6.07) is 5.73. The number of likely N-dealkylation sites (tertiary alicyclic amines) is 1. The molecule has 1 amide bonds.